The molecule has 0 bridgehead atoms. The molecule has 2 aromatic rings. The molecule has 1 saturated heterocycles. The Balaban J connectivity index is 1.42. The lowest BCUT2D eigenvalue weighted by molar-refractivity contribution is -0.119. The van der Waals surface area contributed by atoms with Gasteiger partial charge >= 0.3 is 5.97 Å². The van der Waals surface area contributed by atoms with Crippen molar-refractivity contribution in [2.45, 2.75) is 20.3 Å². The third-order valence-electron chi connectivity index (χ3n) is 4.92. The zero-order valence-corrected chi connectivity index (χ0v) is 18.1. The third-order valence-corrected chi connectivity index (χ3v) is 4.92. The van der Waals surface area contributed by atoms with Crippen LogP contribution in [0.4, 0.5) is 11.4 Å². The topological polar surface area (TPSA) is 77.1 Å². The molecule has 7 nitrogen and oxygen atoms in total. The Labute approximate surface area is 183 Å². The zero-order chi connectivity index (χ0) is 22.1. The second kappa shape index (κ2) is 11.4. The monoisotopic (exact) mass is 426 g/mol. The van der Waals surface area contributed by atoms with Crippen molar-refractivity contribution in [3.63, 3.8) is 0 Å². The summed E-state index contributed by atoms with van der Waals surface area (Å²) in [6.07, 6.45) is 0.967. The van der Waals surface area contributed by atoms with E-state index in [4.69, 9.17) is 14.2 Å². The van der Waals surface area contributed by atoms with Crippen molar-refractivity contribution >= 4 is 23.3 Å². The number of anilines is 2. The fourth-order valence-corrected chi connectivity index (χ4v) is 3.09. The minimum absolute atomic E-state index is 0.351. The summed E-state index contributed by atoms with van der Waals surface area (Å²) in [4.78, 5) is 26.5. The molecule has 1 N–H and O–H groups in total. The first-order valence-electron chi connectivity index (χ1n) is 10.6. The van der Waals surface area contributed by atoms with E-state index in [-0.39, 0.29) is 12.5 Å². The molecule has 0 radical (unpaired) electrons. The average Bonchev–Trinajstić information content (AvgIpc) is 2.79. The molecule has 2 aromatic carbocycles. The highest BCUT2D eigenvalue weighted by atomic mass is 16.5. The molecule has 0 aliphatic carbocycles. The predicted molar refractivity (Wildman–Crippen MR) is 120 cm³/mol. The normalized spacial score (nSPS) is 13.7. The first kappa shape index (κ1) is 22.6. The van der Waals surface area contributed by atoms with Gasteiger partial charge in [-0.15, -0.1) is 0 Å². The molecule has 0 aromatic heterocycles. The maximum Gasteiger partial charge on any atom is 0.338 e. The van der Waals surface area contributed by atoms with E-state index in [1.165, 1.54) is 0 Å². The van der Waals surface area contributed by atoms with Gasteiger partial charge in [0.15, 0.2) is 6.61 Å². The van der Waals surface area contributed by atoms with Crippen molar-refractivity contribution < 1.29 is 23.8 Å². The van der Waals surface area contributed by atoms with E-state index < -0.39 is 5.97 Å². The number of hydrogen-bond donors (Lipinski definition) is 1. The van der Waals surface area contributed by atoms with Crippen LogP contribution in [0.3, 0.4) is 0 Å². The summed E-state index contributed by atoms with van der Waals surface area (Å²) in [5, 5.41) is 2.74. The van der Waals surface area contributed by atoms with Crippen LogP contribution in [0, 0.1) is 5.92 Å². The Morgan fingerprint density at radius 3 is 2.35 bits per heavy atom. The second-order valence-electron chi connectivity index (χ2n) is 7.83. The van der Waals surface area contributed by atoms with Gasteiger partial charge in [0.05, 0.1) is 25.4 Å². The molecule has 31 heavy (non-hydrogen) atoms. The van der Waals surface area contributed by atoms with Gasteiger partial charge in [0.1, 0.15) is 5.75 Å². The van der Waals surface area contributed by atoms with Crippen LogP contribution in [-0.4, -0.2) is 51.4 Å². The second-order valence-corrected chi connectivity index (χ2v) is 7.83. The number of nitrogens with one attached hydrogen (secondary N) is 1. The standard InChI is InChI=1S/C24H30N2O5/c1-18(2)11-14-30-22-9-3-19(4-10-22)24(28)31-17-23(27)25-20-5-7-21(8-6-20)26-12-15-29-16-13-26/h3-10,18H,11-17H2,1-2H3,(H,25,27). The van der Waals surface area contributed by atoms with Gasteiger partial charge in [0.25, 0.3) is 5.91 Å². The number of carbonyl (C=O) groups excluding carboxylic acids is 2. The summed E-state index contributed by atoms with van der Waals surface area (Å²) in [6.45, 7) is 7.71. The minimum Gasteiger partial charge on any atom is -0.494 e. The summed E-state index contributed by atoms with van der Waals surface area (Å²) < 4.78 is 16.1. The van der Waals surface area contributed by atoms with Crippen molar-refractivity contribution in [1.29, 1.82) is 0 Å². The molecule has 1 aliphatic heterocycles. The lowest BCUT2D eigenvalue weighted by Crippen LogP contribution is -2.36. The van der Waals surface area contributed by atoms with E-state index >= 15 is 0 Å². The molecule has 0 atom stereocenters. The first-order valence-corrected chi connectivity index (χ1v) is 10.6. The molecule has 166 valence electrons. The Bertz CT molecular complexity index is 843. The van der Waals surface area contributed by atoms with Gasteiger partial charge in [0, 0.05) is 24.5 Å². The summed E-state index contributed by atoms with van der Waals surface area (Å²) in [5.41, 5.74) is 2.11. The summed E-state index contributed by atoms with van der Waals surface area (Å²) in [6, 6.07) is 14.3. The van der Waals surface area contributed by atoms with E-state index in [0.717, 1.165) is 38.4 Å². The summed E-state index contributed by atoms with van der Waals surface area (Å²) in [5.74, 6) is 0.339. The maximum absolute atomic E-state index is 12.2. The molecular formula is C24H30N2O5. The van der Waals surface area contributed by atoms with E-state index in [1.807, 2.05) is 24.3 Å². The Morgan fingerprint density at radius 2 is 1.71 bits per heavy atom. The number of carbonyl (C=O) groups is 2. The smallest absolute Gasteiger partial charge is 0.338 e. The molecule has 1 amide bonds. The molecule has 0 spiro atoms. The Hall–Kier alpha value is -3.06. The van der Waals surface area contributed by atoms with Crippen molar-refractivity contribution in [3.05, 3.63) is 54.1 Å². The maximum atomic E-state index is 12.2. The van der Waals surface area contributed by atoms with Crippen molar-refractivity contribution in [3.8, 4) is 5.75 Å². The van der Waals surface area contributed by atoms with E-state index in [2.05, 4.69) is 24.1 Å². The zero-order valence-electron chi connectivity index (χ0n) is 18.1. The van der Waals surface area contributed by atoms with Crippen LogP contribution in [-0.2, 0) is 14.3 Å². The number of hydrogen-bond acceptors (Lipinski definition) is 6. The van der Waals surface area contributed by atoms with Gasteiger partial charge in [-0.3, -0.25) is 4.79 Å². The van der Waals surface area contributed by atoms with Crippen LogP contribution in [0.15, 0.2) is 48.5 Å². The van der Waals surface area contributed by atoms with Crippen LogP contribution in [0.5, 0.6) is 5.75 Å². The van der Waals surface area contributed by atoms with Gasteiger partial charge in [-0.05, 0) is 60.9 Å². The largest absolute Gasteiger partial charge is 0.494 e. The van der Waals surface area contributed by atoms with Gasteiger partial charge in [-0.1, -0.05) is 13.8 Å². The lowest BCUT2D eigenvalue weighted by Gasteiger charge is -2.28. The molecule has 1 heterocycles. The van der Waals surface area contributed by atoms with E-state index in [9.17, 15) is 9.59 Å². The highest BCUT2D eigenvalue weighted by Crippen LogP contribution is 2.19. The summed E-state index contributed by atoms with van der Waals surface area (Å²) in [7, 11) is 0. The Morgan fingerprint density at radius 1 is 1.03 bits per heavy atom. The molecule has 3 rings (SSSR count). The predicted octanol–water partition coefficient (Wildman–Crippen LogP) is 3.74. The van der Waals surface area contributed by atoms with Crippen molar-refractivity contribution in [1.82, 2.24) is 0 Å². The van der Waals surface area contributed by atoms with Crippen LogP contribution >= 0.6 is 0 Å². The number of amides is 1. The van der Waals surface area contributed by atoms with Crippen LogP contribution in [0.2, 0.25) is 0 Å². The number of benzene rings is 2. The quantitative estimate of drug-likeness (QED) is 0.616. The molecule has 1 aliphatic rings. The van der Waals surface area contributed by atoms with Crippen molar-refractivity contribution in [2.24, 2.45) is 5.92 Å². The number of rotatable bonds is 9. The fraction of sp³-hybridized carbons (Fsp3) is 0.417. The number of esters is 1. The number of morpholine rings is 1. The van der Waals surface area contributed by atoms with E-state index in [1.54, 1.807) is 24.3 Å². The molecule has 0 saturated carbocycles. The third kappa shape index (κ3) is 7.29. The highest BCUT2D eigenvalue weighted by Gasteiger charge is 2.13. The highest BCUT2D eigenvalue weighted by molar-refractivity contribution is 5.95. The van der Waals surface area contributed by atoms with Gasteiger partial charge in [-0.2, -0.15) is 0 Å². The fourth-order valence-electron chi connectivity index (χ4n) is 3.09. The van der Waals surface area contributed by atoms with E-state index in [0.29, 0.717) is 29.5 Å². The summed E-state index contributed by atoms with van der Waals surface area (Å²) >= 11 is 0. The molecule has 0 unspecified atom stereocenters. The molecular weight excluding hydrogens is 396 g/mol. The van der Waals surface area contributed by atoms with Crippen molar-refractivity contribution in [2.75, 3.05) is 49.7 Å². The van der Waals surface area contributed by atoms with Gasteiger partial charge in [-0.25, -0.2) is 4.79 Å². The minimum atomic E-state index is -0.549. The lowest BCUT2D eigenvalue weighted by atomic mass is 10.1. The SMILES string of the molecule is CC(C)CCOc1ccc(C(=O)OCC(=O)Nc2ccc(N3CCOCC3)cc2)cc1. The van der Waals surface area contributed by atoms with Crippen LogP contribution in [0.1, 0.15) is 30.6 Å². The number of nitrogens with zero attached hydrogens (tertiary/aromatic N) is 1. The first-order chi connectivity index (χ1) is 15.0. The molecule has 7 heteroatoms. The average molecular weight is 427 g/mol. The van der Waals surface area contributed by atoms with Gasteiger partial charge < -0.3 is 24.4 Å². The Kier molecular flexibility index (Phi) is 8.29. The number of ether oxygens (including phenoxy) is 3. The van der Waals surface area contributed by atoms with Gasteiger partial charge in [0.2, 0.25) is 0 Å². The van der Waals surface area contributed by atoms with Crippen LogP contribution in [0.25, 0.3) is 0 Å². The molecule has 1 fully saturated rings. The van der Waals surface area contributed by atoms with Crippen LogP contribution < -0.4 is 15.0 Å².